The third-order valence-electron chi connectivity index (χ3n) is 12.5. The van der Waals surface area contributed by atoms with E-state index < -0.39 is 5.60 Å². The predicted octanol–water partition coefficient (Wildman–Crippen LogP) is 5.71. The zero-order chi connectivity index (χ0) is 22.0. The van der Waals surface area contributed by atoms with Crippen molar-refractivity contribution >= 4 is 0 Å². The highest BCUT2D eigenvalue weighted by Gasteiger charge is 2.80. The van der Waals surface area contributed by atoms with Gasteiger partial charge < -0.3 is 14.9 Å². The molecule has 1 aliphatic heterocycles. The Bertz CT molecular complexity index is 758. The molecule has 5 saturated carbocycles. The van der Waals surface area contributed by atoms with Gasteiger partial charge in [-0.1, -0.05) is 26.7 Å². The van der Waals surface area contributed by atoms with Crippen molar-refractivity contribution in [3.63, 3.8) is 0 Å². The van der Waals surface area contributed by atoms with Crippen molar-refractivity contribution in [2.75, 3.05) is 0 Å². The van der Waals surface area contributed by atoms with Gasteiger partial charge >= 0.3 is 0 Å². The maximum Gasteiger partial charge on any atom is 0.0865 e. The van der Waals surface area contributed by atoms with Crippen LogP contribution in [0, 0.1) is 45.8 Å². The molecular formula is C28H46O3. The van der Waals surface area contributed by atoms with Gasteiger partial charge in [-0.15, -0.1) is 0 Å². The van der Waals surface area contributed by atoms with Crippen LogP contribution < -0.4 is 0 Å². The fraction of sp³-hybridized carbons (Fsp3) is 1.00. The quantitative estimate of drug-likeness (QED) is 0.589. The molecule has 0 bridgehead atoms. The molecule has 5 aliphatic carbocycles. The molecular weight excluding hydrogens is 384 g/mol. The summed E-state index contributed by atoms with van der Waals surface area (Å²) in [6.07, 6.45) is 13.9. The van der Waals surface area contributed by atoms with Gasteiger partial charge in [0.15, 0.2) is 0 Å². The number of aliphatic hydroxyl groups is 2. The van der Waals surface area contributed by atoms with Crippen molar-refractivity contribution in [2.24, 2.45) is 45.8 Å². The summed E-state index contributed by atoms with van der Waals surface area (Å²) in [5.41, 5.74) is 0.408. The van der Waals surface area contributed by atoms with Gasteiger partial charge in [0.05, 0.1) is 23.4 Å². The van der Waals surface area contributed by atoms with Crippen LogP contribution in [0.25, 0.3) is 0 Å². The Labute approximate surface area is 189 Å². The highest BCUT2D eigenvalue weighted by Crippen LogP contribution is 2.86. The van der Waals surface area contributed by atoms with Crippen LogP contribution in [-0.2, 0) is 4.74 Å². The van der Waals surface area contributed by atoms with Gasteiger partial charge in [-0.05, 0) is 118 Å². The molecule has 3 heteroatoms. The minimum Gasteiger partial charge on any atom is -0.393 e. The van der Waals surface area contributed by atoms with E-state index in [-0.39, 0.29) is 29.1 Å². The van der Waals surface area contributed by atoms with Gasteiger partial charge in [0.2, 0.25) is 0 Å². The van der Waals surface area contributed by atoms with Gasteiger partial charge in [-0.2, -0.15) is 0 Å². The number of rotatable bonds is 2. The van der Waals surface area contributed by atoms with Gasteiger partial charge in [-0.25, -0.2) is 0 Å². The van der Waals surface area contributed by atoms with Gasteiger partial charge in [0.1, 0.15) is 0 Å². The first-order valence-corrected chi connectivity index (χ1v) is 13.6. The molecule has 6 rings (SSSR count). The zero-order valence-electron chi connectivity index (χ0n) is 20.6. The topological polar surface area (TPSA) is 49.7 Å². The summed E-state index contributed by atoms with van der Waals surface area (Å²) in [4.78, 5) is 0. The van der Waals surface area contributed by atoms with Crippen LogP contribution in [0.15, 0.2) is 0 Å². The average molecular weight is 431 g/mol. The first-order chi connectivity index (χ1) is 14.5. The molecule has 6 fully saturated rings. The fourth-order valence-corrected chi connectivity index (χ4v) is 11.3. The van der Waals surface area contributed by atoms with Crippen LogP contribution >= 0.6 is 0 Å². The maximum absolute atomic E-state index is 11.5. The number of aliphatic hydroxyl groups excluding tert-OH is 1. The molecule has 0 aromatic heterocycles. The summed E-state index contributed by atoms with van der Waals surface area (Å²) in [5.74, 6) is 3.49. The van der Waals surface area contributed by atoms with Crippen molar-refractivity contribution in [3.05, 3.63) is 0 Å². The van der Waals surface area contributed by atoms with E-state index in [1.165, 1.54) is 51.4 Å². The lowest BCUT2D eigenvalue weighted by molar-refractivity contribution is -0.163. The standard InChI is InChI=1S/C28H46O3/c1-17-7-6-12-27-16-28(27)14-10-19-23(26(5)13-11-22(31-26)24(2,3)30)20(29)15-25(19,4)21(28)9-8-18(17)27/h17-23,29-30H,6-16H2,1-5H3. The largest absolute Gasteiger partial charge is 0.393 e. The molecule has 0 radical (unpaired) electrons. The number of hydrogen-bond donors (Lipinski definition) is 2. The summed E-state index contributed by atoms with van der Waals surface area (Å²) in [7, 11) is 0. The minimum atomic E-state index is -0.808. The summed E-state index contributed by atoms with van der Waals surface area (Å²) in [6.45, 7) is 11.1. The molecule has 11 unspecified atom stereocenters. The third kappa shape index (κ3) is 2.58. The Hall–Kier alpha value is -0.120. The average Bonchev–Trinajstić information content (AvgIpc) is 2.97. The second-order valence-electron chi connectivity index (χ2n) is 14.2. The second-order valence-corrected chi connectivity index (χ2v) is 14.2. The lowest BCUT2D eigenvalue weighted by Crippen LogP contribution is -2.52. The molecule has 2 spiro atoms. The van der Waals surface area contributed by atoms with Gasteiger partial charge in [0.25, 0.3) is 0 Å². The number of hydrogen-bond acceptors (Lipinski definition) is 3. The Kier molecular flexibility index (Phi) is 4.35. The maximum atomic E-state index is 11.5. The highest BCUT2D eigenvalue weighted by atomic mass is 16.5. The molecule has 3 nitrogen and oxygen atoms in total. The molecule has 6 aliphatic rings. The Morgan fingerprint density at radius 2 is 1.68 bits per heavy atom. The van der Waals surface area contributed by atoms with E-state index in [2.05, 4.69) is 20.8 Å². The van der Waals surface area contributed by atoms with E-state index in [1.54, 1.807) is 0 Å². The highest BCUT2D eigenvalue weighted by molar-refractivity contribution is 5.28. The number of fused-ring (bicyclic) bond motifs is 2. The molecule has 176 valence electrons. The van der Waals surface area contributed by atoms with Crippen LogP contribution in [0.5, 0.6) is 0 Å². The van der Waals surface area contributed by atoms with E-state index in [4.69, 9.17) is 4.74 Å². The van der Waals surface area contributed by atoms with E-state index in [1.807, 2.05) is 13.8 Å². The Morgan fingerprint density at radius 3 is 2.39 bits per heavy atom. The fourth-order valence-electron chi connectivity index (χ4n) is 11.3. The van der Waals surface area contributed by atoms with E-state index in [0.717, 1.165) is 37.0 Å². The molecule has 1 saturated heterocycles. The van der Waals surface area contributed by atoms with Crippen LogP contribution in [0.3, 0.4) is 0 Å². The summed E-state index contributed by atoms with van der Waals surface area (Å²) < 4.78 is 6.62. The number of ether oxygens (including phenoxy) is 1. The molecule has 0 amide bonds. The Balaban J connectivity index is 1.30. The zero-order valence-corrected chi connectivity index (χ0v) is 20.6. The summed E-state index contributed by atoms with van der Waals surface area (Å²) in [6, 6.07) is 0. The molecule has 2 N–H and O–H groups in total. The Morgan fingerprint density at radius 1 is 0.903 bits per heavy atom. The molecule has 0 aromatic carbocycles. The van der Waals surface area contributed by atoms with Crippen molar-refractivity contribution in [2.45, 2.75) is 129 Å². The van der Waals surface area contributed by atoms with Gasteiger partial charge in [0, 0.05) is 5.92 Å². The van der Waals surface area contributed by atoms with Crippen molar-refractivity contribution in [1.82, 2.24) is 0 Å². The lowest BCUT2D eigenvalue weighted by Gasteiger charge is -2.58. The molecule has 0 aromatic rings. The SMILES string of the molecule is CC1CCCC23CC24CCC2C(C5(C)CCC(C(C)(C)O)O5)C(O)CC2(C)C4CCC13. The van der Waals surface area contributed by atoms with Crippen molar-refractivity contribution < 1.29 is 14.9 Å². The van der Waals surface area contributed by atoms with E-state index >= 15 is 0 Å². The monoisotopic (exact) mass is 430 g/mol. The first-order valence-electron chi connectivity index (χ1n) is 13.6. The van der Waals surface area contributed by atoms with E-state index in [9.17, 15) is 10.2 Å². The van der Waals surface area contributed by atoms with Gasteiger partial charge in [-0.3, -0.25) is 0 Å². The van der Waals surface area contributed by atoms with E-state index in [0.29, 0.717) is 16.7 Å². The van der Waals surface area contributed by atoms with Crippen LogP contribution in [0.2, 0.25) is 0 Å². The molecule has 31 heavy (non-hydrogen) atoms. The predicted molar refractivity (Wildman–Crippen MR) is 122 cm³/mol. The summed E-state index contributed by atoms with van der Waals surface area (Å²) in [5, 5.41) is 22.1. The molecule has 1 heterocycles. The molecule has 11 atom stereocenters. The third-order valence-corrected chi connectivity index (χ3v) is 12.5. The first kappa shape index (κ1) is 21.4. The second kappa shape index (κ2) is 6.30. The minimum absolute atomic E-state index is 0.114. The summed E-state index contributed by atoms with van der Waals surface area (Å²) >= 11 is 0. The lowest BCUT2D eigenvalue weighted by atomic mass is 9.47. The van der Waals surface area contributed by atoms with Crippen molar-refractivity contribution in [3.8, 4) is 0 Å². The van der Waals surface area contributed by atoms with Crippen LogP contribution in [0.4, 0.5) is 0 Å². The van der Waals surface area contributed by atoms with Crippen LogP contribution in [-0.4, -0.2) is 33.6 Å². The smallest absolute Gasteiger partial charge is 0.0865 e. The van der Waals surface area contributed by atoms with Crippen molar-refractivity contribution in [1.29, 1.82) is 0 Å². The van der Waals surface area contributed by atoms with Crippen LogP contribution in [0.1, 0.15) is 105 Å². The normalized spacial score (nSPS) is 60.7.